The molecule has 0 bridgehead atoms. The number of methoxy groups -OCH3 is 1. The highest BCUT2D eigenvalue weighted by Crippen LogP contribution is 2.22. The summed E-state index contributed by atoms with van der Waals surface area (Å²) in [5, 5.41) is 3.00. The predicted molar refractivity (Wildman–Crippen MR) is 148 cm³/mol. The molecule has 0 aromatic heterocycles. The first-order valence-electron chi connectivity index (χ1n) is 12.6. The minimum Gasteiger partial charge on any atom is -0.497 e. The first-order chi connectivity index (χ1) is 17.4. The summed E-state index contributed by atoms with van der Waals surface area (Å²) in [4.78, 5) is 28.2. The maximum atomic E-state index is 13.4. The van der Waals surface area contributed by atoms with Crippen LogP contribution in [0.15, 0.2) is 54.6 Å². The number of amides is 2. The molecule has 0 aliphatic rings. The molecule has 1 atom stereocenters. The molecule has 204 valence electrons. The monoisotopic (exact) mass is 531 g/mol. The summed E-state index contributed by atoms with van der Waals surface area (Å²) in [6.45, 7) is 8.17. The fourth-order valence-electron chi connectivity index (χ4n) is 4.10. The van der Waals surface area contributed by atoms with Gasteiger partial charge in [-0.1, -0.05) is 37.3 Å². The van der Waals surface area contributed by atoms with Crippen molar-refractivity contribution in [2.24, 2.45) is 0 Å². The van der Waals surface area contributed by atoms with E-state index in [1.807, 2.05) is 58.0 Å². The number of rotatable bonds is 13. The zero-order valence-electron chi connectivity index (χ0n) is 22.9. The van der Waals surface area contributed by atoms with E-state index in [0.29, 0.717) is 37.2 Å². The summed E-state index contributed by atoms with van der Waals surface area (Å²) < 4.78 is 31.4. The first kappa shape index (κ1) is 30.2. The van der Waals surface area contributed by atoms with Crippen molar-refractivity contribution in [2.75, 3.05) is 30.8 Å². The van der Waals surface area contributed by atoms with Gasteiger partial charge in [-0.25, -0.2) is 8.42 Å². The molecule has 0 aliphatic heterocycles. The third-order valence-electron chi connectivity index (χ3n) is 5.88. The SMILES string of the molecule is CCC(C(=O)NC(C)(C)C)N(CCc1ccccc1)C(=O)CCCN(c1ccc(OC)cc1)S(C)(=O)=O. The second-order valence-electron chi connectivity index (χ2n) is 10.1. The number of hydrogen-bond acceptors (Lipinski definition) is 5. The van der Waals surface area contributed by atoms with Crippen LogP contribution in [0.3, 0.4) is 0 Å². The Bertz CT molecular complexity index is 1110. The molecule has 0 spiro atoms. The Balaban J connectivity index is 2.17. The van der Waals surface area contributed by atoms with Gasteiger partial charge in [-0.3, -0.25) is 13.9 Å². The minimum absolute atomic E-state index is 0.121. The predicted octanol–water partition coefficient (Wildman–Crippen LogP) is 4.01. The lowest BCUT2D eigenvalue weighted by atomic mass is 10.0. The molecule has 0 radical (unpaired) electrons. The Morgan fingerprint density at radius 2 is 1.62 bits per heavy atom. The van der Waals surface area contributed by atoms with Crippen LogP contribution in [0.25, 0.3) is 0 Å². The van der Waals surface area contributed by atoms with E-state index in [1.165, 1.54) is 4.31 Å². The summed E-state index contributed by atoms with van der Waals surface area (Å²) in [5.41, 5.74) is 1.16. The molecule has 0 heterocycles. The second-order valence-corrected chi connectivity index (χ2v) is 12.0. The van der Waals surface area contributed by atoms with Crippen LogP contribution in [-0.4, -0.2) is 63.2 Å². The molecule has 1 unspecified atom stereocenters. The van der Waals surface area contributed by atoms with Gasteiger partial charge < -0.3 is 15.0 Å². The molecular weight excluding hydrogens is 490 g/mol. The molecule has 2 rings (SSSR count). The summed E-state index contributed by atoms with van der Waals surface area (Å²) in [6.07, 6.45) is 2.68. The van der Waals surface area contributed by atoms with Crippen molar-refractivity contribution < 1.29 is 22.7 Å². The van der Waals surface area contributed by atoms with Crippen molar-refractivity contribution >= 4 is 27.5 Å². The van der Waals surface area contributed by atoms with Gasteiger partial charge in [0.1, 0.15) is 11.8 Å². The Morgan fingerprint density at radius 3 is 2.14 bits per heavy atom. The van der Waals surface area contributed by atoms with E-state index in [9.17, 15) is 18.0 Å². The lowest BCUT2D eigenvalue weighted by Crippen LogP contribution is -2.54. The van der Waals surface area contributed by atoms with Crippen LogP contribution in [0.2, 0.25) is 0 Å². The van der Waals surface area contributed by atoms with E-state index in [2.05, 4.69) is 5.32 Å². The Kier molecular flexibility index (Phi) is 11.0. The summed E-state index contributed by atoms with van der Waals surface area (Å²) in [7, 11) is -2.01. The van der Waals surface area contributed by atoms with Crippen molar-refractivity contribution in [3.05, 3.63) is 60.2 Å². The van der Waals surface area contributed by atoms with Crippen LogP contribution in [-0.2, 0) is 26.0 Å². The third kappa shape index (κ3) is 9.72. The number of benzene rings is 2. The van der Waals surface area contributed by atoms with Gasteiger partial charge in [0, 0.05) is 25.0 Å². The van der Waals surface area contributed by atoms with E-state index in [1.54, 1.807) is 36.3 Å². The van der Waals surface area contributed by atoms with Crippen LogP contribution in [0.1, 0.15) is 52.5 Å². The second kappa shape index (κ2) is 13.5. The van der Waals surface area contributed by atoms with Gasteiger partial charge in [0.2, 0.25) is 21.8 Å². The zero-order valence-corrected chi connectivity index (χ0v) is 23.7. The van der Waals surface area contributed by atoms with Gasteiger partial charge in [0.05, 0.1) is 19.1 Å². The maximum Gasteiger partial charge on any atom is 0.243 e. The van der Waals surface area contributed by atoms with Crippen LogP contribution in [0, 0.1) is 0 Å². The quantitative estimate of drug-likeness (QED) is 0.421. The molecule has 8 nitrogen and oxygen atoms in total. The highest BCUT2D eigenvalue weighted by molar-refractivity contribution is 7.92. The van der Waals surface area contributed by atoms with Crippen LogP contribution in [0.5, 0.6) is 5.75 Å². The molecule has 37 heavy (non-hydrogen) atoms. The number of anilines is 1. The van der Waals surface area contributed by atoms with Crippen molar-refractivity contribution in [3.63, 3.8) is 0 Å². The molecule has 2 aromatic rings. The minimum atomic E-state index is -3.55. The standard InChI is InChI=1S/C28H41N3O5S/c1-7-25(27(33)29-28(2,3)4)30(21-19-22-12-9-8-10-13-22)26(32)14-11-20-31(37(6,34)35)23-15-17-24(36-5)18-16-23/h8-10,12-13,15-18,25H,7,11,14,19-21H2,1-6H3,(H,29,33). The number of nitrogens with one attached hydrogen (secondary N) is 1. The number of ether oxygens (including phenoxy) is 1. The molecule has 2 amide bonds. The van der Waals surface area contributed by atoms with Crippen LogP contribution < -0.4 is 14.4 Å². The van der Waals surface area contributed by atoms with E-state index in [4.69, 9.17) is 4.74 Å². The zero-order chi connectivity index (χ0) is 27.6. The number of hydrogen-bond donors (Lipinski definition) is 1. The summed E-state index contributed by atoms with van der Waals surface area (Å²) >= 11 is 0. The third-order valence-corrected chi connectivity index (χ3v) is 7.07. The maximum absolute atomic E-state index is 13.4. The number of sulfonamides is 1. The molecule has 0 aliphatic carbocycles. The van der Waals surface area contributed by atoms with Crippen LogP contribution >= 0.6 is 0 Å². The molecule has 2 aromatic carbocycles. The molecule has 0 saturated carbocycles. The molecule has 0 fully saturated rings. The van der Waals surface area contributed by atoms with E-state index >= 15 is 0 Å². The van der Waals surface area contributed by atoms with Crippen molar-refractivity contribution in [1.29, 1.82) is 0 Å². The molecule has 0 saturated heterocycles. The number of carbonyl (C=O) groups is 2. The summed E-state index contributed by atoms with van der Waals surface area (Å²) in [5.74, 6) is 0.267. The molecular formula is C28H41N3O5S. The van der Waals surface area contributed by atoms with Gasteiger partial charge in [-0.05, 0) is 69.9 Å². The van der Waals surface area contributed by atoms with E-state index in [0.717, 1.165) is 11.8 Å². The summed E-state index contributed by atoms with van der Waals surface area (Å²) in [6, 6.07) is 16.0. The van der Waals surface area contributed by atoms with E-state index < -0.39 is 21.6 Å². The molecule has 1 N–H and O–H groups in total. The lowest BCUT2D eigenvalue weighted by molar-refractivity contribution is -0.141. The normalized spacial score (nSPS) is 12.5. The number of nitrogens with zero attached hydrogens (tertiary/aromatic N) is 2. The van der Waals surface area contributed by atoms with Gasteiger partial charge in [-0.2, -0.15) is 0 Å². The van der Waals surface area contributed by atoms with Gasteiger partial charge in [-0.15, -0.1) is 0 Å². The van der Waals surface area contributed by atoms with Gasteiger partial charge in [0.15, 0.2) is 0 Å². The Morgan fingerprint density at radius 1 is 1.00 bits per heavy atom. The Labute approximate surface area is 222 Å². The molecule has 9 heteroatoms. The smallest absolute Gasteiger partial charge is 0.243 e. The van der Waals surface area contributed by atoms with Crippen molar-refractivity contribution in [2.45, 2.75) is 65.0 Å². The van der Waals surface area contributed by atoms with Gasteiger partial charge >= 0.3 is 0 Å². The highest BCUT2D eigenvalue weighted by Gasteiger charge is 2.30. The van der Waals surface area contributed by atoms with Crippen molar-refractivity contribution in [1.82, 2.24) is 10.2 Å². The lowest BCUT2D eigenvalue weighted by Gasteiger charge is -2.33. The fraction of sp³-hybridized carbons (Fsp3) is 0.500. The largest absolute Gasteiger partial charge is 0.497 e. The number of carbonyl (C=O) groups excluding carboxylic acids is 2. The van der Waals surface area contributed by atoms with E-state index in [-0.39, 0.29) is 24.8 Å². The first-order valence-corrected chi connectivity index (χ1v) is 14.5. The highest BCUT2D eigenvalue weighted by atomic mass is 32.2. The average Bonchev–Trinajstić information content (AvgIpc) is 2.83. The average molecular weight is 532 g/mol. The topological polar surface area (TPSA) is 96.0 Å². The van der Waals surface area contributed by atoms with Gasteiger partial charge in [0.25, 0.3) is 0 Å². The Hall–Kier alpha value is -3.07. The van der Waals surface area contributed by atoms with Crippen molar-refractivity contribution in [3.8, 4) is 5.75 Å². The fourth-order valence-corrected chi connectivity index (χ4v) is 5.07. The van der Waals surface area contributed by atoms with Crippen LogP contribution in [0.4, 0.5) is 5.69 Å².